The number of carbonyl (C=O) groups excluding carboxylic acids is 1. The van der Waals surface area contributed by atoms with Gasteiger partial charge in [0.25, 0.3) is 5.91 Å². The molecule has 4 rings (SSSR count). The smallest absolute Gasteiger partial charge is 0.275 e. The van der Waals surface area contributed by atoms with Crippen LogP contribution in [-0.4, -0.2) is 32.5 Å². The fraction of sp³-hybridized carbons (Fsp3) is 0.263. The number of rotatable bonds is 4. The zero-order valence-electron chi connectivity index (χ0n) is 14.0. The van der Waals surface area contributed by atoms with Crippen LogP contribution in [0.2, 0.25) is 0 Å². The van der Waals surface area contributed by atoms with Crippen LogP contribution in [0.5, 0.6) is 0 Å². The molecule has 1 atom stereocenters. The minimum atomic E-state index is -0.279. The van der Waals surface area contributed by atoms with E-state index in [-0.39, 0.29) is 17.8 Å². The summed E-state index contributed by atoms with van der Waals surface area (Å²) < 4.78 is 19.2. The van der Waals surface area contributed by atoms with Crippen LogP contribution in [0.1, 0.15) is 46.6 Å². The Kier molecular flexibility index (Phi) is 4.43. The number of hydrogen-bond acceptors (Lipinski definition) is 5. The monoisotopic (exact) mass is 352 g/mol. The molecule has 1 amide bonds. The van der Waals surface area contributed by atoms with Crippen molar-refractivity contribution < 1.29 is 13.6 Å². The number of benzene rings is 1. The molecule has 0 spiro atoms. The van der Waals surface area contributed by atoms with Crippen LogP contribution in [0.3, 0.4) is 0 Å². The maximum absolute atomic E-state index is 13.3. The van der Waals surface area contributed by atoms with Gasteiger partial charge in [-0.05, 0) is 42.7 Å². The maximum atomic E-state index is 13.3. The van der Waals surface area contributed by atoms with Crippen LogP contribution in [0.15, 0.2) is 53.2 Å². The first-order valence-electron chi connectivity index (χ1n) is 8.48. The molecule has 3 heterocycles. The summed E-state index contributed by atoms with van der Waals surface area (Å²) in [6.45, 7) is 0.627. The first kappa shape index (κ1) is 16.4. The molecule has 0 N–H and O–H groups in total. The van der Waals surface area contributed by atoms with E-state index in [1.165, 1.54) is 18.3 Å². The van der Waals surface area contributed by atoms with E-state index in [0.29, 0.717) is 30.3 Å². The summed E-state index contributed by atoms with van der Waals surface area (Å²) in [5.41, 5.74) is 1.12. The highest BCUT2D eigenvalue weighted by atomic mass is 19.1. The summed E-state index contributed by atoms with van der Waals surface area (Å²) in [5.74, 6) is 0.694. The second-order valence-electron chi connectivity index (χ2n) is 6.24. The average molecular weight is 352 g/mol. The Bertz CT molecular complexity index is 913. The van der Waals surface area contributed by atoms with Gasteiger partial charge in [0.2, 0.25) is 5.89 Å². The molecular formula is C19H17FN4O2. The zero-order chi connectivity index (χ0) is 17.9. The molecule has 1 saturated heterocycles. The summed E-state index contributed by atoms with van der Waals surface area (Å²) in [7, 11) is 0. The fourth-order valence-corrected chi connectivity index (χ4v) is 3.24. The Morgan fingerprint density at radius 1 is 1.31 bits per heavy atom. The van der Waals surface area contributed by atoms with Gasteiger partial charge >= 0.3 is 0 Å². The Hall–Kier alpha value is -3.09. The van der Waals surface area contributed by atoms with Gasteiger partial charge in [0.15, 0.2) is 5.69 Å². The van der Waals surface area contributed by atoms with Gasteiger partial charge in [-0.3, -0.25) is 4.79 Å². The molecule has 7 heteroatoms. The van der Waals surface area contributed by atoms with E-state index in [1.54, 1.807) is 29.3 Å². The number of nitrogens with zero attached hydrogens (tertiary/aromatic N) is 4. The highest BCUT2D eigenvalue weighted by Crippen LogP contribution is 2.32. The van der Waals surface area contributed by atoms with E-state index < -0.39 is 0 Å². The Morgan fingerprint density at radius 3 is 3.04 bits per heavy atom. The lowest BCUT2D eigenvalue weighted by atomic mass is 10.1. The predicted molar refractivity (Wildman–Crippen MR) is 90.8 cm³/mol. The van der Waals surface area contributed by atoms with E-state index in [2.05, 4.69) is 15.2 Å². The van der Waals surface area contributed by atoms with Gasteiger partial charge in [0.05, 0.1) is 6.20 Å². The molecule has 1 aliphatic heterocycles. The van der Waals surface area contributed by atoms with Crippen molar-refractivity contribution in [3.63, 3.8) is 0 Å². The van der Waals surface area contributed by atoms with Crippen LogP contribution in [0.25, 0.3) is 0 Å². The molecule has 1 aliphatic rings. The second-order valence-corrected chi connectivity index (χ2v) is 6.24. The fourth-order valence-electron chi connectivity index (χ4n) is 3.24. The highest BCUT2D eigenvalue weighted by Gasteiger charge is 2.34. The first-order valence-corrected chi connectivity index (χ1v) is 8.48. The SMILES string of the molecule is O=C(c1cccnn1)N1CCCC1c1ncc(Cc2cccc(F)c2)o1. The summed E-state index contributed by atoms with van der Waals surface area (Å²) in [4.78, 5) is 18.8. The Balaban J connectivity index is 1.52. The van der Waals surface area contributed by atoms with Crippen molar-refractivity contribution in [3.05, 3.63) is 77.5 Å². The van der Waals surface area contributed by atoms with E-state index in [9.17, 15) is 9.18 Å². The molecule has 132 valence electrons. The number of halogens is 1. The first-order chi connectivity index (χ1) is 12.7. The molecule has 1 fully saturated rings. The standard InChI is InChI=1S/C19H17FN4O2/c20-14-5-1-4-13(10-14)11-15-12-21-18(26-15)17-7-3-9-24(17)19(25)16-6-2-8-22-23-16/h1-2,4-6,8,10,12,17H,3,7,9,11H2. The molecule has 26 heavy (non-hydrogen) atoms. The molecule has 3 aromatic rings. The number of likely N-dealkylation sites (tertiary alicyclic amines) is 1. The number of hydrogen-bond donors (Lipinski definition) is 0. The lowest BCUT2D eigenvalue weighted by molar-refractivity contribution is 0.0707. The van der Waals surface area contributed by atoms with Crippen LogP contribution >= 0.6 is 0 Å². The van der Waals surface area contributed by atoms with Crippen LogP contribution in [0, 0.1) is 5.82 Å². The van der Waals surface area contributed by atoms with Crippen LogP contribution in [0.4, 0.5) is 4.39 Å². The van der Waals surface area contributed by atoms with Crippen molar-refractivity contribution in [2.24, 2.45) is 0 Å². The van der Waals surface area contributed by atoms with Gasteiger partial charge in [-0.1, -0.05) is 12.1 Å². The molecule has 0 radical (unpaired) electrons. The quantitative estimate of drug-likeness (QED) is 0.721. The highest BCUT2D eigenvalue weighted by molar-refractivity contribution is 5.92. The van der Waals surface area contributed by atoms with Crippen LogP contribution < -0.4 is 0 Å². The normalized spacial score (nSPS) is 16.8. The van der Waals surface area contributed by atoms with Gasteiger partial charge < -0.3 is 9.32 Å². The van der Waals surface area contributed by atoms with Gasteiger partial charge in [-0.2, -0.15) is 5.10 Å². The molecule has 0 aliphatic carbocycles. The zero-order valence-corrected chi connectivity index (χ0v) is 14.0. The lowest BCUT2D eigenvalue weighted by Crippen LogP contribution is -2.31. The van der Waals surface area contributed by atoms with E-state index >= 15 is 0 Å². The van der Waals surface area contributed by atoms with Gasteiger partial charge in [0.1, 0.15) is 17.6 Å². The van der Waals surface area contributed by atoms with Gasteiger partial charge in [-0.15, -0.1) is 5.10 Å². The Labute approximate surface area is 149 Å². The van der Waals surface area contributed by atoms with Gasteiger partial charge in [-0.25, -0.2) is 9.37 Å². The minimum Gasteiger partial charge on any atom is -0.443 e. The average Bonchev–Trinajstić information content (AvgIpc) is 3.31. The number of amides is 1. The lowest BCUT2D eigenvalue weighted by Gasteiger charge is -2.21. The summed E-state index contributed by atoms with van der Waals surface area (Å²) in [6.07, 6.45) is 5.29. The largest absolute Gasteiger partial charge is 0.443 e. The maximum Gasteiger partial charge on any atom is 0.275 e. The summed E-state index contributed by atoms with van der Waals surface area (Å²) in [6, 6.07) is 9.50. The molecule has 2 aromatic heterocycles. The van der Waals surface area contributed by atoms with Crippen molar-refractivity contribution >= 4 is 5.91 Å². The molecule has 0 saturated carbocycles. The van der Waals surface area contributed by atoms with Crippen LogP contribution in [-0.2, 0) is 6.42 Å². The third kappa shape index (κ3) is 3.33. The number of carbonyl (C=O) groups is 1. The third-order valence-electron chi connectivity index (χ3n) is 4.43. The molecule has 1 unspecified atom stereocenters. The minimum absolute atomic E-state index is 0.175. The molecule has 1 aromatic carbocycles. The number of aromatic nitrogens is 3. The van der Waals surface area contributed by atoms with Crippen molar-refractivity contribution in [1.29, 1.82) is 0 Å². The second kappa shape index (κ2) is 7.03. The van der Waals surface area contributed by atoms with Crippen molar-refractivity contribution in [3.8, 4) is 0 Å². The van der Waals surface area contributed by atoms with E-state index in [0.717, 1.165) is 18.4 Å². The van der Waals surface area contributed by atoms with E-state index in [1.807, 2.05) is 6.07 Å². The number of oxazole rings is 1. The molecule has 6 nitrogen and oxygen atoms in total. The summed E-state index contributed by atoms with van der Waals surface area (Å²) >= 11 is 0. The van der Waals surface area contributed by atoms with Crippen molar-refractivity contribution in [2.45, 2.75) is 25.3 Å². The summed E-state index contributed by atoms with van der Waals surface area (Å²) in [5, 5.41) is 7.66. The molecular weight excluding hydrogens is 335 g/mol. The van der Waals surface area contributed by atoms with Gasteiger partial charge in [0, 0.05) is 19.2 Å². The topological polar surface area (TPSA) is 72.1 Å². The Morgan fingerprint density at radius 2 is 2.23 bits per heavy atom. The molecule has 0 bridgehead atoms. The van der Waals surface area contributed by atoms with E-state index in [4.69, 9.17) is 4.42 Å². The third-order valence-corrected chi connectivity index (χ3v) is 4.43. The van der Waals surface area contributed by atoms with Crippen molar-refractivity contribution in [2.75, 3.05) is 6.54 Å². The predicted octanol–water partition coefficient (Wildman–Crippen LogP) is 3.17. The van der Waals surface area contributed by atoms with Crippen molar-refractivity contribution in [1.82, 2.24) is 20.1 Å².